The van der Waals surface area contributed by atoms with E-state index in [1.165, 1.54) is 12.6 Å². The maximum Gasteiger partial charge on any atom is 0.329 e. The first-order valence-corrected chi connectivity index (χ1v) is 12.7. The molecule has 8 heteroatoms. The molecule has 1 saturated carbocycles. The van der Waals surface area contributed by atoms with Crippen LogP contribution in [0.2, 0.25) is 0 Å². The number of fused-ring (bicyclic) bond motifs is 1. The second-order valence-corrected chi connectivity index (χ2v) is 11.3. The van der Waals surface area contributed by atoms with Gasteiger partial charge in [-0.15, -0.1) is 0 Å². The van der Waals surface area contributed by atoms with Gasteiger partial charge in [0, 0.05) is 26.9 Å². The number of aryl methyl sites for hydroxylation is 1. The fourth-order valence-corrected chi connectivity index (χ4v) is 5.57. The molecule has 0 radical (unpaired) electrons. The topological polar surface area (TPSA) is 90.6 Å². The Bertz CT molecular complexity index is 1190. The van der Waals surface area contributed by atoms with Crippen molar-refractivity contribution in [2.75, 3.05) is 7.05 Å². The molecule has 8 nitrogen and oxygen atoms in total. The molecule has 4 rings (SSSR count). The molecule has 2 amide bonds. The van der Waals surface area contributed by atoms with E-state index in [9.17, 15) is 19.2 Å². The number of ether oxygens (including phenoxy) is 1. The number of carbonyl (C=O) groups is 3. The molecule has 0 spiro atoms. The van der Waals surface area contributed by atoms with Gasteiger partial charge >= 0.3 is 11.7 Å². The standard InChI is InChI=1S/C27H37N3O5/c1-27(2,3)35-24(32)16-18-8-6-17(7-9-18)14-19-10-11-20-22(15-19)28(4)26(34)30(20)21-12-13-23(31)29(5)25(21)33/h10-11,15,17-18,21H,6-9,12-14,16H2,1-5H3. The lowest BCUT2D eigenvalue weighted by molar-refractivity contribution is -0.156. The van der Waals surface area contributed by atoms with E-state index in [0.717, 1.165) is 48.0 Å². The lowest BCUT2D eigenvalue weighted by atomic mass is 9.78. The van der Waals surface area contributed by atoms with Gasteiger partial charge in [0.15, 0.2) is 0 Å². The minimum Gasteiger partial charge on any atom is -0.460 e. The van der Waals surface area contributed by atoms with E-state index in [2.05, 4.69) is 6.07 Å². The Labute approximate surface area is 206 Å². The fraction of sp³-hybridized carbons (Fsp3) is 0.630. The number of hydrogen-bond donors (Lipinski definition) is 0. The third-order valence-electron chi connectivity index (χ3n) is 7.45. The van der Waals surface area contributed by atoms with Gasteiger partial charge in [0.2, 0.25) is 5.91 Å². The van der Waals surface area contributed by atoms with Gasteiger partial charge in [-0.1, -0.05) is 6.07 Å². The predicted octanol–water partition coefficient (Wildman–Crippen LogP) is 3.74. The summed E-state index contributed by atoms with van der Waals surface area (Å²) >= 11 is 0. The van der Waals surface area contributed by atoms with Crippen molar-refractivity contribution in [3.63, 3.8) is 0 Å². The first kappa shape index (κ1) is 25.2. The van der Waals surface area contributed by atoms with Crippen LogP contribution in [0.15, 0.2) is 23.0 Å². The number of nitrogens with zero attached hydrogens (tertiary/aromatic N) is 3. The van der Waals surface area contributed by atoms with E-state index in [1.54, 1.807) is 16.2 Å². The highest BCUT2D eigenvalue weighted by Crippen LogP contribution is 2.34. The van der Waals surface area contributed by atoms with Gasteiger partial charge in [-0.05, 0) is 88.8 Å². The molecule has 1 saturated heterocycles. The van der Waals surface area contributed by atoms with E-state index in [1.807, 2.05) is 32.9 Å². The van der Waals surface area contributed by atoms with Crippen LogP contribution in [0.5, 0.6) is 0 Å². The summed E-state index contributed by atoms with van der Waals surface area (Å²) < 4.78 is 8.62. The first-order chi connectivity index (χ1) is 16.4. The maximum atomic E-state index is 13.1. The average Bonchev–Trinajstić information content (AvgIpc) is 3.02. The molecule has 0 bridgehead atoms. The molecule has 1 aliphatic carbocycles. The van der Waals surface area contributed by atoms with Crippen LogP contribution in [0.4, 0.5) is 0 Å². The fourth-order valence-electron chi connectivity index (χ4n) is 5.57. The minimum absolute atomic E-state index is 0.108. The zero-order chi connectivity index (χ0) is 25.5. The zero-order valence-corrected chi connectivity index (χ0v) is 21.5. The van der Waals surface area contributed by atoms with Gasteiger partial charge in [0.05, 0.1) is 11.0 Å². The lowest BCUT2D eigenvalue weighted by Crippen LogP contribution is -2.45. The number of benzene rings is 1. The molecular weight excluding hydrogens is 446 g/mol. The Balaban J connectivity index is 1.44. The van der Waals surface area contributed by atoms with Crippen LogP contribution in [0.3, 0.4) is 0 Å². The van der Waals surface area contributed by atoms with E-state index in [0.29, 0.717) is 24.7 Å². The summed E-state index contributed by atoms with van der Waals surface area (Å²) in [7, 11) is 3.21. The van der Waals surface area contributed by atoms with Crippen LogP contribution in [0, 0.1) is 11.8 Å². The molecule has 1 aliphatic heterocycles. The number of imidazole rings is 1. The summed E-state index contributed by atoms with van der Waals surface area (Å²) in [5.41, 5.74) is 2.02. The van der Waals surface area contributed by atoms with Gasteiger partial charge < -0.3 is 4.74 Å². The second kappa shape index (κ2) is 9.63. The van der Waals surface area contributed by atoms with Crippen LogP contribution in [0.1, 0.15) is 77.3 Å². The van der Waals surface area contributed by atoms with E-state index >= 15 is 0 Å². The largest absolute Gasteiger partial charge is 0.460 e. The van der Waals surface area contributed by atoms with E-state index in [-0.39, 0.29) is 29.9 Å². The van der Waals surface area contributed by atoms with Crippen LogP contribution < -0.4 is 5.69 Å². The van der Waals surface area contributed by atoms with Crippen molar-refractivity contribution in [3.05, 3.63) is 34.2 Å². The summed E-state index contributed by atoms with van der Waals surface area (Å²) in [6.07, 6.45) is 6.21. The SMILES string of the molecule is CN1C(=O)CCC(n2c(=O)n(C)c3cc(CC4CCC(CC(=O)OC(C)(C)C)CC4)ccc32)C1=O. The van der Waals surface area contributed by atoms with Crippen molar-refractivity contribution < 1.29 is 19.1 Å². The Morgan fingerprint density at radius 1 is 0.971 bits per heavy atom. The molecule has 2 aromatic rings. The maximum absolute atomic E-state index is 13.1. The van der Waals surface area contributed by atoms with Crippen LogP contribution in [0.25, 0.3) is 11.0 Å². The van der Waals surface area contributed by atoms with E-state index in [4.69, 9.17) is 4.74 Å². The summed E-state index contributed by atoms with van der Waals surface area (Å²) in [6.45, 7) is 5.69. The van der Waals surface area contributed by atoms with Crippen LogP contribution >= 0.6 is 0 Å². The normalized spacial score (nSPS) is 23.7. The van der Waals surface area contributed by atoms with E-state index < -0.39 is 11.6 Å². The molecule has 1 unspecified atom stereocenters. The number of aromatic nitrogens is 2. The highest BCUT2D eigenvalue weighted by molar-refractivity contribution is 5.99. The van der Waals surface area contributed by atoms with Gasteiger partial charge in [-0.25, -0.2) is 4.79 Å². The van der Waals surface area contributed by atoms with Gasteiger partial charge in [-0.2, -0.15) is 0 Å². The van der Waals surface area contributed by atoms with Crippen molar-refractivity contribution in [1.29, 1.82) is 0 Å². The Morgan fingerprint density at radius 3 is 2.29 bits per heavy atom. The number of likely N-dealkylation sites (tertiary alicyclic amines) is 1. The van der Waals surface area contributed by atoms with Crippen molar-refractivity contribution in [1.82, 2.24) is 14.0 Å². The summed E-state index contributed by atoms with van der Waals surface area (Å²) in [5, 5.41) is 0. The van der Waals surface area contributed by atoms with Gasteiger partial charge in [-0.3, -0.25) is 28.4 Å². The molecule has 0 N–H and O–H groups in total. The first-order valence-electron chi connectivity index (χ1n) is 12.7. The van der Waals surface area contributed by atoms with Crippen LogP contribution in [-0.4, -0.2) is 44.5 Å². The van der Waals surface area contributed by atoms with Crippen molar-refractivity contribution >= 4 is 28.8 Å². The average molecular weight is 484 g/mol. The molecule has 1 aromatic heterocycles. The number of amides is 2. The van der Waals surface area contributed by atoms with Crippen LogP contribution in [-0.2, 0) is 32.6 Å². The zero-order valence-electron chi connectivity index (χ0n) is 21.5. The van der Waals surface area contributed by atoms with Gasteiger partial charge in [0.1, 0.15) is 11.6 Å². The second-order valence-electron chi connectivity index (χ2n) is 11.3. The number of hydrogen-bond acceptors (Lipinski definition) is 5. The highest BCUT2D eigenvalue weighted by atomic mass is 16.6. The molecular formula is C27H37N3O5. The predicted molar refractivity (Wildman–Crippen MR) is 133 cm³/mol. The molecule has 2 fully saturated rings. The summed E-state index contributed by atoms with van der Waals surface area (Å²) in [5.74, 6) is 0.284. The third-order valence-corrected chi connectivity index (χ3v) is 7.45. The monoisotopic (exact) mass is 483 g/mol. The summed E-state index contributed by atoms with van der Waals surface area (Å²) in [4.78, 5) is 51.0. The van der Waals surface area contributed by atoms with Crippen molar-refractivity contribution in [2.45, 2.75) is 83.8 Å². The Kier molecular flexibility index (Phi) is 6.93. The molecule has 1 atom stereocenters. The van der Waals surface area contributed by atoms with Crippen molar-refractivity contribution in [3.8, 4) is 0 Å². The smallest absolute Gasteiger partial charge is 0.329 e. The molecule has 190 valence electrons. The molecule has 35 heavy (non-hydrogen) atoms. The highest BCUT2D eigenvalue weighted by Gasteiger charge is 2.35. The van der Waals surface area contributed by atoms with Gasteiger partial charge in [0.25, 0.3) is 5.91 Å². The number of likely N-dealkylation sites (N-methyl/N-ethyl adjacent to an activating group) is 1. The Morgan fingerprint density at radius 2 is 1.63 bits per heavy atom. The molecule has 2 heterocycles. The number of carbonyl (C=O) groups excluding carboxylic acids is 3. The lowest BCUT2D eigenvalue weighted by Gasteiger charge is -2.29. The summed E-state index contributed by atoms with van der Waals surface area (Å²) in [6, 6.07) is 5.39. The quantitative estimate of drug-likeness (QED) is 0.477. The number of imide groups is 1. The third kappa shape index (κ3) is 5.36. The van der Waals surface area contributed by atoms with Crippen molar-refractivity contribution in [2.24, 2.45) is 18.9 Å². The number of rotatable bonds is 5. The number of esters is 1. The minimum atomic E-state index is -0.653. The molecule has 1 aromatic carbocycles. The number of piperidine rings is 1. The molecule has 2 aliphatic rings. The Hall–Kier alpha value is -2.90.